The van der Waals surface area contributed by atoms with Gasteiger partial charge in [0, 0.05) is 0 Å². The van der Waals surface area contributed by atoms with Crippen LogP contribution in [0.5, 0.6) is 0 Å². The predicted molar refractivity (Wildman–Crippen MR) is 46.1 cm³/mol. The van der Waals surface area contributed by atoms with Gasteiger partial charge in [-0.3, -0.25) is 0 Å². The molecule has 0 saturated carbocycles. The Bertz CT molecular complexity index is 468. The van der Waals surface area contributed by atoms with Crippen LogP contribution in [0.4, 0.5) is 8.78 Å². The van der Waals surface area contributed by atoms with Crippen molar-refractivity contribution >= 4 is 35.1 Å². The molecule has 1 aliphatic rings. The molecule has 0 N–H and O–H groups in total. The summed E-state index contributed by atoms with van der Waals surface area (Å²) in [7, 11) is 0. The first-order valence-corrected chi connectivity index (χ1v) is 4.33. The van der Waals surface area contributed by atoms with Gasteiger partial charge in [-0.05, 0) is 0 Å². The van der Waals surface area contributed by atoms with E-state index < -0.39 is 44.7 Å². The van der Waals surface area contributed by atoms with E-state index in [0.29, 0.717) is 0 Å². The highest BCUT2D eigenvalue weighted by molar-refractivity contribution is 6.40. The number of fused-ring (bicyclic) bond motifs is 1. The van der Waals surface area contributed by atoms with Gasteiger partial charge in [-0.15, -0.1) is 0 Å². The summed E-state index contributed by atoms with van der Waals surface area (Å²) < 4.78 is 30.2. The van der Waals surface area contributed by atoms with Gasteiger partial charge < -0.3 is 4.74 Å². The molecule has 0 atom stereocenters. The Morgan fingerprint density at radius 1 is 0.867 bits per heavy atom. The van der Waals surface area contributed by atoms with Crippen molar-refractivity contribution in [2.24, 2.45) is 0 Å². The highest BCUT2D eigenvalue weighted by Gasteiger charge is 2.38. The maximum atomic E-state index is 13.0. The van der Waals surface area contributed by atoms with Crippen LogP contribution in [0.1, 0.15) is 20.7 Å². The third kappa shape index (κ3) is 1.23. The molecule has 0 aromatic heterocycles. The minimum atomic E-state index is -1.48. The first-order valence-electron chi connectivity index (χ1n) is 3.57. The second-order valence-corrected chi connectivity index (χ2v) is 3.44. The molecule has 0 bridgehead atoms. The van der Waals surface area contributed by atoms with Gasteiger partial charge in [-0.1, -0.05) is 23.2 Å². The molecular formula is C8Cl2F2O3. The summed E-state index contributed by atoms with van der Waals surface area (Å²) in [5.74, 6) is -5.24. The standard InChI is InChI=1S/C8Cl2F2O3/c9-3-1-2(8(14)15-7(1)13)4(10)6(12)5(3)11. The van der Waals surface area contributed by atoms with Gasteiger partial charge in [-0.25, -0.2) is 18.4 Å². The summed E-state index contributed by atoms with van der Waals surface area (Å²) >= 11 is 10.7. The molecule has 2 rings (SSSR count). The summed E-state index contributed by atoms with van der Waals surface area (Å²) in [4.78, 5) is 22.1. The van der Waals surface area contributed by atoms with Gasteiger partial charge in [0.15, 0.2) is 11.6 Å². The molecule has 1 aliphatic heterocycles. The summed E-state index contributed by atoms with van der Waals surface area (Å²) in [5.41, 5.74) is -1.07. The quantitative estimate of drug-likeness (QED) is 0.309. The van der Waals surface area contributed by atoms with E-state index in [4.69, 9.17) is 23.2 Å². The van der Waals surface area contributed by atoms with Crippen LogP contribution in [0.3, 0.4) is 0 Å². The number of carbonyl (C=O) groups excluding carboxylic acids is 2. The van der Waals surface area contributed by atoms with Crippen molar-refractivity contribution in [1.29, 1.82) is 0 Å². The molecule has 0 spiro atoms. The zero-order chi connectivity index (χ0) is 11.3. The second-order valence-electron chi connectivity index (χ2n) is 2.68. The van der Waals surface area contributed by atoms with Crippen LogP contribution in [-0.4, -0.2) is 11.9 Å². The number of carbonyl (C=O) groups is 2. The van der Waals surface area contributed by atoms with Gasteiger partial charge in [-0.2, -0.15) is 0 Å². The van der Waals surface area contributed by atoms with Gasteiger partial charge in [0.05, 0.1) is 21.2 Å². The smallest absolute Gasteiger partial charge is 0.348 e. The van der Waals surface area contributed by atoms with Crippen LogP contribution in [0.25, 0.3) is 0 Å². The number of rotatable bonds is 0. The SMILES string of the molecule is O=C1OC(=O)c2c(Cl)c(F)c(F)c(Cl)c21. The van der Waals surface area contributed by atoms with Crippen molar-refractivity contribution in [1.82, 2.24) is 0 Å². The molecular weight excluding hydrogens is 253 g/mol. The van der Waals surface area contributed by atoms with E-state index in [2.05, 4.69) is 4.74 Å². The third-order valence-electron chi connectivity index (χ3n) is 1.86. The highest BCUT2D eigenvalue weighted by Crippen LogP contribution is 2.37. The number of ether oxygens (including phenoxy) is 1. The summed E-state index contributed by atoms with van der Waals surface area (Å²) in [6.45, 7) is 0. The molecule has 0 aliphatic carbocycles. The van der Waals surface area contributed by atoms with E-state index in [9.17, 15) is 18.4 Å². The van der Waals surface area contributed by atoms with E-state index in [1.54, 1.807) is 0 Å². The number of hydrogen-bond donors (Lipinski definition) is 0. The van der Waals surface area contributed by atoms with Crippen LogP contribution < -0.4 is 0 Å². The zero-order valence-corrected chi connectivity index (χ0v) is 8.25. The molecule has 0 saturated heterocycles. The van der Waals surface area contributed by atoms with Crippen molar-refractivity contribution in [3.8, 4) is 0 Å². The molecule has 0 radical (unpaired) electrons. The lowest BCUT2D eigenvalue weighted by Crippen LogP contribution is -2.00. The molecule has 0 unspecified atom stereocenters. The molecule has 78 valence electrons. The van der Waals surface area contributed by atoms with Crippen LogP contribution in [0.2, 0.25) is 10.0 Å². The minimum absolute atomic E-state index is 0.537. The van der Waals surface area contributed by atoms with Gasteiger partial charge in [0.1, 0.15) is 0 Å². The molecule has 1 aromatic carbocycles. The van der Waals surface area contributed by atoms with E-state index >= 15 is 0 Å². The largest absolute Gasteiger partial charge is 0.386 e. The number of esters is 2. The number of hydrogen-bond acceptors (Lipinski definition) is 3. The maximum absolute atomic E-state index is 13.0. The normalized spacial score (nSPS) is 14.1. The van der Waals surface area contributed by atoms with Gasteiger partial charge >= 0.3 is 11.9 Å². The lowest BCUT2D eigenvalue weighted by molar-refractivity contribution is 0.0444. The first kappa shape index (κ1) is 10.3. The van der Waals surface area contributed by atoms with Crippen LogP contribution >= 0.6 is 23.2 Å². The number of halogens is 4. The van der Waals surface area contributed by atoms with Crippen molar-refractivity contribution in [3.63, 3.8) is 0 Å². The van der Waals surface area contributed by atoms with Crippen molar-refractivity contribution in [2.45, 2.75) is 0 Å². The fourth-order valence-electron chi connectivity index (χ4n) is 1.20. The van der Waals surface area contributed by atoms with E-state index in [0.717, 1.165) is 0 Å². The van der Waals surface area contributed by atoms with Crippen molar-refractivity contribution in [2.75, 3.05) is 0 Å². The first-order chi connectivity index (χ1) is 6.95. The maximum Gasteiger partial charge on any atom is 0.348 e. The lowest BCUT2D eigenvalue weighted by Gasteiger charge is -2.02. The molecule has 1 aromatic rings. The van der Waals surface area contributed by atoms with Crippen molar-refractivity contribution in [3.05, 3.63) is 32.8 Å². The molecule has 0 fully saturated rings. The van der Waals surface area contributed by atoms with Crippen LogP contribution in [0.15, 0.2) is 0 Å². The summed E-state index contributed by atoms with van der Waals surface area (Å²) in [5, 5.41) is -1.61. The fraction of sp³-hybridized carbons (Fsp3) is 0. The van der Waals surface area contributed by atoms with Crippen molar-refractivity contribution < 1.29 is 23.1 Å². The predicted octanol–water partition coefficient (Wildman–Crippen LogP) is 2.58. The molecule has 7 heteroatoms. The molecule has 0 amide bonds. The summed E-state index contributed by atoms with van der Waals surface area (Å²) in [6, 6.07) is 0. The fourth-order valence-corrected chi connectivity index (χ4v) is 1.71. The Kier molecular flexibility index (Phi) is 2.17. The Labute approximate surface area is 91.5 Å². The van der Waals surface area contributed by atoms with E-state index in [1.165, 1.54) is 0 Å². The Balaban J connectivity index is 2.92. The topological polar surface area (TPSA) is 43.4 Å². The average Bonchev–Trinajstić information content (AvgIpc) is 2.47. The minimum Gasteiger partial charge on any atom is -0.386 e. The Hall–Kier alpha value is -1.20. The second kappa shape index (κ2) is 3.15. The highest BCUT2D eigenvalue weighted by atomic mass is 35.5. The Morgan fingerprint density at radius 3 is 1.53 bits per heavy atom. The number of benzene rings is 1. The monoisotopic (exact) mass is 252 g/mol. The third-order valence-corrected chi connectivity index (χ3v) is 2.57. The van der Waals surface area contributed by atoms with E-state index in [-0.39, 0.29) is 0 Å². The van der Waals surface area contributed by atoms with Crippen LogP contribution in [0, 0.1) is 11.6 Å². The van der Waals surface area contributed by atoms with E-state index in [1.807, 2.05) is 0 Å². The summed E-state index contributed by atoms with van der Waals surface area (Å²) in [6.07, 6.45) is 0. The number of cyclic esters (lactones) is 2. The van der Waals surface area contributed by atoms with Gasteiger partial charge in [0.2, 0.25) is 0 Å². The molecule has 1 heterocycles. The van der Waals surface area contributed by atoms with Crippen LogP contribution in [-0.2, 0) is 4.74 Å². The lowest BCUT2D eigenvalue weighted by atomic mass is 10.1. The molecule has 15 heavy (non-hydrogen) atoms. The zero-order valence-electron chi connectivity index (χ0n) is 6.74. The Morgan fingerprint density at radius 2 is 1.20 bits per heavy atom. The average molecular weight is 253 g/mol. The molecule has 3 nitrogen and oxygen atoms in total. The van der Waals surface area contributed by atoms with Gasteiger partial charge in [0.25, 0.3) is 0 Å².